The molecule has 0 unspecified atom stereocenters. The van der Waals surface area contributed by atoms with Gasteiger partial charge in [0.1, 0.15) is 0 Å². The van der Waals surface area contributed by atoms with E-state index in [2.05, 4.69) is 12.3 Å². The Morgan fingerprint density at radius 3 is 2.33 bits per heavy atom. The number of aryl methyl sites for hydroxylation is 1. The van der Waals surface area contributed by atoms with E-state index >= 15 is 0 Å². The number of thiazole rings is 1. The van der Waals surface area contributed by atoms with Gasteiger partial charge in [-0.25, -0.2) is 4.98 Å². The Bertz CT molecular complexity index is 516. The molecule has 1 aromatic heterocycles. The van der Waals surface area contributed by atoms with Crippen molar-refractivity contribution in [3.63, 3.8) is 0 Å². The Balaban J connectivity index is 1.72. The van der Waals surface area contributed by atoms with Gasteiger partial charge < -0.3 is 5.73 Å². The molecule has 0 fully saturated rings. The van der Waals surface area contributed by atoms with Gasteiger partial charge in [-0.2, -0.15) is 0 Å². The summed E-state index contributed by atoms with van der Waals surface area (Å²) in [4.78, 5) is 4.74. The third-order valence-corrected chi connectivity index (χ3v) is 4.66. The van der Waals surface area contributed by atoms with Gasteiger partial charge >= 0.3 is 0 Å². The molecule has 21 heavy (non-hydrogen) atoms. The lowest BCUT2D eigenvalue weighted by Crippen LogP contribution is -1.87. The number of rotatable bonds is 9. The molecule has 0 amide bonds. The molecule has 0 saturated heterocycles. The third-order valence-electron chi connectivity index (χ3n) is 3.75. The molecule has 0 aliphatic carbocycles. The highest BCUT2D eigenvalue weighted by Crippen LogP contribution is 2.24. The van der Waals surface area contributed by atoms with E-state index in [0.717, 1.165) is 23.4 Å². The minimum atomic E-state index is 0.803. The quantitative estimate of drug-likeness (QED) is 0.477. The van der Waals surface area contributed by atoms with Crippen molar-refractivity contribution in [2.24, 2.45) is 0 Å². The van der Waals surface area contributed by atoms with E-state index in [-0.39, 0.29) is 0 Å². The molecule has 0 radical (unpaired) electrons. The molecule has 0 saturated carbocycles. The van der Waals surface area contributed by atoms with E-state index in [9.17, 15) is 0 Å². The molecule has 2 N–H and O–H groups in total. The van der Waals surface area contributed by atoms with E-state index in [1.807, 2.05) is 24.3 Å². The van der Waals surface area contributed by atoms with Crippen molar-refractivity contribution < 1.29 is 0 Å². The molecule has 2 aromatic rings. The van der Waals surface area contributed by atoms with Crippen LogP contribution in [0, 0.1) is 0 Å². The van der Waals surface area contributed by atoms with E-state index in [1.54, 1.807) is 11.3 Å². The number of hydrogen-bond acceptors (Lipinski definition) is 3. The van der Waals surface area contributed by atoms with Crippen LogP contribution in [0.25, 0.3) is 11.3 Å². The van der Waals surface area contributed by atoms with Crippen LogP contribution in [0.5, 0.6) is 0 Å². The lowest BCUT2D eigenvalue weighted by molar-refractivity contribution is 0.589. The molecule has 0 aliphatic rings. The van der Waals surface area contributed by atoms with Crippen LogP contribution in [0.3, 0.4) is 0 Å². The lowest BCUT2D eigenvalue weighted by atomic mass is 10.1. The van der Waals surface area contributed by atoms with Crippen LogP contribution in [0.4, 0.5) is 5.69 Å². The zero-order chi connectivity index (χ0) is 14.9. The second kappa shape index (κ2) is 8.83. The summed E-state index contributed by atoms with van der Waals surface area (Å²) in [6.07, 6.45) is 10.6. The summed E-state index contributed by atoms with van der Waals surface area (Å²) in [6.45, 7) is 2.26. The Morgan fingerprint density at radius 1 is 0.952 bits per heavy atom. The zero-order valence-corrected chi connectivity index (χ0v) is 13.8. The average molecular weight is 302 g/mol. The van der Waals surface area contributed by atoms with Crippen molar-refractivity contribution >= 4 is 17.0 Å². The second-order valence-electron chi connectivity index (χ2n) is 5.62. The number of nitrogens with zero attached hydrogens (tertiary/aromatic N) is 1. The number of nitrogens with two attached hydrogens (primary N) is 1. The highest BCUT2D eigenvalue weighted by atomic mass is 32.1. The minimum absolute atomic E-state index is 0.803. The predicted molar refractivity (Wildman–Crippen MR) is 93.7 cm³/mol. The molecular weight excluding hydrogens is 276 g/mol. The highest BCUT2D eigenvalue weighted by Gasteiger charge is 2.04. The molecule has 2 nitrogen and oxygen atoms in total. The topological polar surface area (TPSA) is 38.9 Å². The van der Waals surface area contributed by atoms with Crippen LogP contribution in [0.15, 0.2) is 29.6 Å². The molecule has 1 aromatic carbocycles. The van der Waals surface area contributed by atoms with Gasteiger partial charge in [-0.3, -0.25) is 0 Å². The number of benzene rings is 1. The SMILES string of the molecule is CCCCCCCCCc1nc(-c2ccc(N)cc2)cs1. The smallest absolute Gasteiger partial charge is 0.0932 e. The summed E-state index contributed by atoms with van der Waals surface area (Å²) >= 11 is 1.78. The molecule has 0 atom stereocenters. The molecule has 0 bridgehead atoms. The normalized spacial score (nSPS) is 10.9. The Kier molecular flexibility index (Phi) is 6.74. The first-order valence-corrected chi connectivity index (χ1v) is 8.98. The first-order chi connectivity index (χ1) is 10.3. The van der Waals surface area contributed by atoms with Crippen molar-refractivity contribution in [3.05, 3.63) is 34.7 Å². The zero-order valence-electron chi connectivity index (χ0n) is 13.0. The maximum absolute atomic E-state index is 5.72. The van der Waals surface area contributed by atoms with E-state index < -0.39 is 0 Å². The first-order valence-electron chi connectivity index (χ1n) is 8.10. The van der Waals surface area contributed by atoms with E-state index in [0.29, 0.717) is 0 Å². The van der Waals surface area contributed by atoms with Gasteiger partial charge in [0, 0.05) is 16.6 Å². The number of hydrogen-bond donors (Lipinski definition) is 1. The number of nitrogen functional groups attached to an aromatic ring is 1. The maximum Gasteiger partial charge on any atom is 0.0932 e. The van der Waals surface area contributed by atoms with Crippen molar-refractivity contribution in [1.82, 2.24) is 4.98 Å². The molecule has 3 heteroatoms. The summed E-state index contributed by atoms with van der Waals surface area (Å²) in [5.74, 6) is 0. The summed E-state index contributed by atoms with van der Waals surface area (Å²) in [7, 11) is 0. The molecule has 2 rings (SSSR count). The molecule has 0 spiro atoms. The van der Waals surface area contributed by atoms with Gasteiger partial charge in [0.05, 0.1) is 10.7 Å². The van der Waals surface area contributed by atoms with Gasteiger partial charge in [-0.15, -0.1) is 11.3 Å². The predicted octanol–water partition coefficient (Wildman–Crippen LogP) is 5.69. The maximum atomic E-state index is 5.72. The van der Waals surface area contributed by atoms with E-state index in [1.165, 1.54) is 50.0 Å². The monoisotopic (exact) mass is 302 g/mol. The molecule has 1 heterocycles. The standard InChI is InChI=1S/C18H26N2S/c1-2-3-4-5-6-7-8-9-18-20-17(14-21-18)15-10-12-16(19)13-11-15/h10-14H,2-9,19H2,1H3. The summed E-state index contributed by atoms with van der Waals surface area (Å²) in [5, 5.41) is 3.41. The van der Waals surface area contributed by atoms with Crippen molar-refractivity contribution in [2.45, 2.75) is 58.3 Å². The fourth-order valence-electron chi connectivity index (χ4n) is 2.45. The summed E-state index contributed by atoms with van der Waals surface area (Å²) in [6, 6.07) is 7.96. The summed E-state index contributed by atoms with van der Waals surface area (Å²) in [5.41, 5.74) is 8.76. The Morgan fingerprint density at radius 2 is 1.62 bits per heavy atom. The van der Waals surface area contributed by atoms with Gasteiger partial charge in [-0.1, -0.05) is 57.6 Å². The summed E-state index contributed by atoms with van der Waals surface area (Å²) < 4.78 is 0. The minimum Gasteiger partial charge on any atom is -0.399 e. The van der Waals surface area contributed by atoms with Crippen LogP contribution in [-0.4, -0.2) is 4.98 Å². The van der Waals surface area contributed by atoms with Crippen molar-refractivity contribution in [3.8, 4) is 11.3 Å². The van der Waals surface area contributed by atoms with Gasteiger partial charge in [0.2, 0.25) is 0 Å². The fraction of sp³-hybridized carbons (Fsp3) is 0.500. The fourth-order valence-corrected chi connectivity index (χ4v) is 3.30. The van der Waals surface area contributed by atoms with Crippen molar-refractivity contribution in [1.29, 1.82) is 0 Å². The lowest BCUT2D eigenvalue weighted by Gasteiger charge is -2.00. The van der Waals surface area contributed by atoms with E-state index in [4.69, 9.17) is 10.7 Å². The number of unbranched alkanes of at least 4 members (excludes halogenated alkanes) is 6. The Labute approximate surface area is 132 Å². The molecular formula is C18H26N2S. The van der Waals surface area contributed by atoms with Crippen LogP contribution in [-0.2, 0) is 6.42 Å². The van der Waals surface area contributed by atoms with Gasteiger partial charge in [0.25, 0.3) is 0 Å². The Hall–Kier alpha value is -1.35. The van der Waals surface area contributed by atoms with Crippen molar-refractivity contribution in [2.75, 3.05) is 5.73 Å². The first kappa shape index (κ1) is 16.0. The van der Waals surface area contributed by atoms with Crippen LogP contribution in [0.1, 0.15) is 56.9 Å². The van der Waals surface area contributed by atoms with Crippen LogP contribution < -0.4 is 5.73 Å². The third kappa shape index (κ3) is 5.50. The molecule has 114 valence electrons. The van der Waals surface area contributed by atoms with Gasteiger partial charge in [-0.05, 0) is 25.0 Å². The van der Waals surface area contributed by atoms with Gasteiger partial charge in [0.15, 0.2) is 0 Å². The average Bonchev–Trinajstić information content (AvgIpc) is 2.96. The largest absolute Gasteiger partial charge is 0.399 e. The number of anilines is 1. The van der Waals surface area contributed by atoms with Crippen LogP contribution >= 0.6 is 11.3 Å². The number of aromatic nitrogens is 1. The highest BCUT2D eigenvalue weighted by molar-refractivity contribution is 7.09. The molecule has 0 aliphatic heterocycles. The second-order valence-corrected chi connectivity index (χ2v) is 6.56. The van der Waals surface area contributed by atoms with Crippen LogP contribution in [0.2, 0.25) is 0 Å².